The van der Waals surface area contributed by atoms with Gasteiger partial charge in [-0.15, -0.1) is 0 Å². The van der Waals surface area contributed by atoms with Crippen molar-refractivity contribution in [3.63, 3.8) is 0 Å². The van der Waals surface area contributed by atoms with Gasteiger partial charge in [0.15, 0.2) is 0 Å². The predicted molar refractivity (Wildman–Crippen MR) is 72.0 cm³/mol. The molecule has 4 N–H and O–H groups in total. The number of nitrogens with one attached hydrogen (secondary N) is 1. The zero-order chi connectivity index (χ0) is 15.3. The lowest BCUT2D eigenvalue weighted by Gasteiger charge is -2.23. The Balaban J connectivity index is 2.46. The molecule has 1 aliphatic rings. The van der Waals surface area contributed by atoms with Gasteiger partial charge in [0.1, 0.15) is 6.04 Å². The molecular weight excluding hydrogens is 264 g/mol. The largest absolute Gasteiger partial charge is 0.480 e. The van der Waals surface area contributed by atoms with Crippen molar-refractivity contribution in [1.29, 1.82) is 0 Å². The minimum Gasteiger partial charge on any atom is -0.480 e. The molecule has 0 aliphatic carbocycles. The minimum absolute atomic E-state index is 0.384. The van der Waals surface area contributed by atoms with Crippen molar-refractivity contribution in [1.82, 2.24) is 15.1 Å². The predicted octanol–water partition coefficient (Wildman–Crippen LogP) is -1.09. The van der Waals surface area contributed by atoms with Gasteiger partial charge in [0.05, 0.1) is 6.42 Å². The molecule has 1 heterocycles. The first-order chi connectivity index (χ1) is 9.29. The van der Waals surface area contributed by atoms with Crippen LogP contribution < -0.4 is 11.1 Å². The van der Waals surface area contributed by atoms with Crippen LogP contribution in [0, 0.1) is 5.92 Å². The molecule has 8 nitrogen and oxygen atoms in total. The number of nitrogens with two attached hydrogens (primary N) is 1. The number of aliphatic carboxylic acids is 1. The third-order valence-electron chi connectivity index (χ3n) is 3.37. The molecule has 1 aliphatic heterocycles. The molecule has 0 bridgehead atoms. The number of likely N-dealkylation sites (tertiary alicyclic amines) is 1. The van der Waals surface area contributed by atoms with E-state index in [1.165, 1.54) is 4.90 Å². The SMILES string of the molecule is CN1CCC(CN(C)C(=O)N[C@@H](CC(N)=O)C(=O)O)C1. The molecule has 1 rings (SSSR count). The average molecular weight is 286 g/mol. The van der Waals surface area contributed by atoms with Crippen molar-refractivity contribution in [2.45, 2.75) is 18.9 Å². The number of nitrogens with zero attached hydrogens (tertiary/aromatic N) is 2. The monoisotopic (exact) mass is 286 g/mol. The summed E-state index contributed by atoms with van der Waals surface area (Å²) in [6, 6.07) is -1.79. The second kappa shape index (κ2) is 7.09. The molecule has 3 amide bonds. The number of amides is 3. The Hall–Kier alpha value is -1.83. The third-order valence-corrected chi connectivity index (χ3v) is 3.37. The average Bonchev–Trinajstić information content (AvgIpc) is 2.72. The van der Waals surface area contributed by atoms with E-state index in [0.717, 1.165) is 19.5 Å². The van der Waals surface area contributed by atoms with E-state index in [-0.39, 0.29) is 0 Å². The van der Waals surface area contributed by atoms with E-state index in [1.807, 2.05) is 7.05 Å². The number of hydrogen-bond donors (Lipinski definition) is 3. The molecule has 0 spiro atoms. The van der Waals surface area contributed by atoms with E-state index in [9.17, 15) is 14.4 Å². The summed E-state index contributed by atoms with van der Waals surface area (Å²) in [7, 11) is 3.63. The molecular formula is C12H22N4O4. The number of primary amides is 1. The van der Waals surface area contributed by atoms with Crippen LogP contribution in [0.3, 0.4) is 0 Å². The normalized spacial score (nSPS) is 20.4. The maximum atomic E-state index is 11.9. The van der Waals surface area contributed by atoms with E-state index >= 15 is 0 Å². The lowest BCUT2D eigenvalue weighted by Crippen LogP contribution is -2.49. The molecule has 1 saturated heterocycles. The highest BCUT2D eigenvalue weighted by atomic mass is 16.4. The number of urea groups is 1. The summed E-state index contributed by atoms with van der Waals surface area (Å²) < 4.78 is 0. The second-order valence-corrected chi connectivity index (χ2v) is 5.31. The van der Waals surface area contributed by atoms with E-state index in [2.05, 4.69) is 10.2 Å². The zero-order valence-electron chi connectivity index (χ0n) is 11.8. The van der Waals surface area contributed by atoms with Crippen molar-refractivity contribution in [3.8, 4) is 0 Å². The van der Waals surface area contributed by atoms with Crippen LogP contribution in [-0.4, -0.2) is 72.6 Å². The number of carboxylic acid groups (broad SMARTS) is 1. The summed E-state index contributed by atoms with van der Waals surface area (Å²) in [6.07, 6.45) is 0.596. The number of rotatable bonds is 6. The van der Waals surface area contributed by atoms with Gasteiger partial charge >= 0.3 is 12.0 Å². The number of carbonyl (C=O) groups is 3. The van der Waals surface area contributed by atoms with Gasteiger partial charge in [0.2, 0.25) is 5.91 Å². The fraction of sp³-hybridized carbons (Fsp3) is 0.750. The van der Waals surface area contributed by atoms with Gasteiger partial charge in [-0.3, -0.25) is 4.79 Å². The standard InChI is InChI=1S/C12H22N4O4/c1-15-4-3-8(6-15)7-16(2)12(20)14-9(11(18)19)5-10(13)17/h8-9H,3-7H2,1-2H3,(H2,13,17)(H,14,20)(H,18,19)/t8?,9-/m0/s1. The van der Waals surface area contributed by atoms with Gasteiger partial charge in [0, 0.05) is 20.1 Å². The van der Waals surface area contributed by atoms with Gasteiger partial charge in [-0.1, -0.05) is 0 Å². The molecule has 2 atom stereocenters. The lowest BCUT2D eigenvalue weighted by molar-refractivity contribution is -0.140. The zero-order valence-corrected chi connectivity index (χ0v) is 11.8. The first-order valence-corrected chi connectivity index (χ1v) is 6.51. The first-order valence-electron chi connectivity index (χ1n) is 6.51. The quantitative estimate of drug-likeness (QED) is 0.573. The van der Waals surface area contributed by atoms with Crippen LogP contribution in [0.25, 0.3) is 0 Å². The van der Waals surface area contributed by atoms with Crippen molar-refractivity contribution in [2.24, 2.45) is 11.7 Å². The van der Waals surface area contributed by atoms with Crippen molar-refractivity contribution in [3.05, 3.63) is 0 Å². The Labute approximate surface area is 117 Å². The maximum Gasteiger partial charge on any atom is 0.326 e. The molecule has 114 valence electrons. The third kappa shape index (κ3) is 5.04. The van der Waals surface area contributed by atoms with Crippen LogP contribution in [0.15, 0.2) is 0 Å². The highest BCUT2D eigenvalue weighted by molar-refractivity contribution is 5.87. The van der Waals surface area contributed by atoms with Gasteiger partial charge in [0.25, 0.3) is 0 Å². The van der Waals surface area contributed by atoms with Crippen LogP contribution in [0.5, 0.6) is 0 Å². The Morgan fingerprint density at radius 1 is 1.50 bits per heavy atom. The number of carboxylic acids is 1. The molecule has 20 heavy (non-hydrogen) atoms. The molecule has 0 aromatic carbocycles. The van der Waals surface area contributed by atoms with Crippen molar-refractivity contribution in [2.75, 3.05) is 33.7 Å². The summed E-state index contributed by atoms with van der Waals surface area (Å²) in [5, 5.41) is 11.2. The molecule has 0 aromatic heterocycles. The summed E-state index contributed by atoms with van der Waals surface area (Å²) >= 11 is 0. The summed E-state index contributed by atoms with van der Waals surface area (Å²) in [4.78, 5) is 37.2. The highest BCUT2D eigenvalue weighted by Gasteiger charge is 2.26. The van der Waals surface area contributed by atoms with Crippen LogP contribution >= 0.6 is 0 Å². The molecule has 0 radical (unpaired) electrons. The maximum absolute atomic E-state index is 11.9. The smallest absolute Gasteiger partial charge is 0.326 e. The fourth-order valence-corrected chi connectivity index (χ4v) is 2.31. The molecule has 1 unspecified atom stereocenters. The topological polar surface area (TPSA) is 116 Å². The second-order valence-electron chi connectivity index (χ2n) is 5.31. The van der Waals surface area contributed by atoms with Gasteiger partial charge in [-0.2, -0.15) is 0 Å². The molecule has 0 aromatic rings. The summed E-state index contributed by atoms with van der Waals surface area (Å²) in [5.41, 5.74) is 4.96. The number of hydrogen-bond acceptors (Lipinski definition) is 4. The van der Waals surface area contributed by atoms with Gasteiger partial charge in [-0.25, -0.2) is 9.59 Å². The fourth-order valence-electron chi connectivity index (χ4n) is 2.31. The van der Waals surface area contributed by atoms with E-state index < -0.39 is 30.4 Å². The Kier molecular flexibility index (Phi) is 5.75. The Morgan fingerprint density at radius 2 is 2.15 bits per heavy atom. The van der Waals surface area contributed by atoms with Crippen LogP contribution in [0.2, 0.25) is 0 Å². The first kappa shape index (κ1) is 16.2. The minimum atomic E-state index is -1.28. The summed E-state index contributed by atoms with van der Waals surface area (Å²) in [6.45, 7) is 2.47. The lowest BCUT2D eigenvalue weighted by atomic mass is 10.1. The van der Waals surface area contributed by atoms with Gasteiger partial charge < -0.3 is 26.0 Å². The van der Waals surface area contributed by atoms with E-state index in [0.29, 0.717) is 12.5 Å². The van der Waals surface area contributed by atoms with Crippen LogP contribution in [-0.2, 0) is 9.59 Å². The molecule has 0 saturated carbocycles. The van der Waals surface area contributed by atoms with Crippen LogP contribution in [0.4, 0.5) is 4.79 Å². The Bertz CT molecular complexity index is 388. The van der Waals surface area contributed by atoms with E-state index in [1.54, 1.807) is 7.05 Å². The van der Waals surface area contributed by atoms with Crippen LogP contribution in [0.1, 0.15) is 12.8 Å². The highest BCUT2D eigenvalue weighted by Crippen LogP contribution is 2.15. The Morgan fingerprint density at radius 3 is 2.60 bits per heavy atom. The molecule has 1 fully saturated rings. The summed E-state index contributed by atoms with van der Waals surface area (Å²) in [5.74, 6) is -1.65. The molecule has 8 heteroatoms. The van der Waals surface area contributed by atoms with E-state index in [4.69, 9.17) is 10.8 Å². The van der Waals surface area contributed by atoms with Crippen molar-refractivity contribution < 1.29 is 19.5 Å². The number of carbonyl (C=O) groups excluding carboxylic acids is 2. The van der Waals surface area contributed by atoms with Gasteiger partial charge in [-0.05, 0) is 25.9 Å². The van der Waals surface area contributed by atoms with Crippen molar-refractivity contribution >= 4 is 17.9 Å².